The minimum Gasteiger partial charge on any atom is -0.478 e. The Labute approximate surface area is 155 Å². The number of unbranched alkanes of at least 4 members (excludes halogenated alkanes) is 1. The number of fused-ring (bicyclic) bond motifs is 1. The number of carboxylic acid groups (broad SMARTS) is 1. The molecule has 0 amide bonds. The van der Waals surface area contributed by atoms with E-state index in [0.29, 0.717) is 5.56 Å². The largest absolute Gasteiger partial charge is 0.478 e. The van der Waals surface area contributed by atoms with Crippen molar-refractivity contribution in [1.82, 2.24) is 4.98 Å². The zero-order valence-corrected chi connectivity index (χ0v) is 15.6. The van der Waals surface area contributed by atoms with Crippen molar-refractivity contribution < 1.29 is 9.90 Å². The number of para-hydroxylation sites is 1. The average molecular weight is 373 g/mol. The van der Waals surface area contributed by atoms with Crippen LogP contribution in [0, 0.1) is 0 Å². The summed E-state index contributed by atoms with van der Waals surface area (Å²) < 4.78 is 1.21. The number of nitrogens with zero attached hydrogens (tertiary/aromatic N) is 2. The van der Waals surface area contributed by atoms with Crippen molar-refractivity contribution in [1.29, 1.82) is 0 Å². The molecule has 130 valence electrons. The molecule has 1 aromatic heterocycles. The van der Waals surface area contributed by atoms with Gasteiger partial charge in [-0.05, 0) is 42.9 Å². The number of carbonyl (C=O) groups is 1. The molecule has 4 nitrogen and oxygen atoms in total. The monoisotopic (exact) mass is 372 g/mol. The smallest absolute Gasteiger partial charge is 0.336 e. The van der Waals surface area contributed by atoms with Gasteiger partial charge in [0, 0.05) is 18.5 Å². The molecule has 1 heterocycles. The number of aromatic nitrogens is 1. The Morgan fingerprint density at radius 1 is 1.16 bits per heavy atom. The van der Waals surface area contributed by atoms with Crippen molar-refractivity contribution in [2.45, 2.75) is 17.7 Å². The highest BCUT2D eigenvalue weighted by Gasteiger charge is 2.10. The lowest BCUT2D eigenvalue weighted by molar-refractivity contribution is 0.0693. The van der Waals surface area contributed by atoms with Crippen LogP contribution in [-0.2, 0) is 0 Å². The Balaban J connectivity index is 1.46. The van der Waals surface area contributed by atoms with Crippen molar-refractivity contribution in [2.24, 2.45) is 0 Å². The van der Waals surface area contributed by atoms with Crippen LogP contribution in [0.25, 0.3) is 10.2 Å². The second-order valence-electron chi connectivity index (χ2n) is 5.74. The van der Waals surface area contributed by atoms with Gasteiger partial charge in [0.25, 0.3) is 0 Å². The molecule has 0 unspecified atom stereocenters. The first-order valence-corrected chi connectivity index (χ1v) is 9.97. The quantitative estimate of drug-likeness (QED) is 0.445. The average Bonchev–Trinajstić information content (AvgIpc) is 3.06. The second kappa shape index (κ2) is 8.36. The minimum absolute atomic E-state index is 0.388. The Hall–Kier alpha value is -2.05. The number of thiazole rings is 1. The van der Waals surface area contributed by atoms with Crippen LogP contribution in [0.1, 0.15) is 23.2 Å². The van der Waals surface area contributed by atoms with Gasteiger partial charge in [-0.1, -0.05) is 35.6 Å². The predicted molar refractivity (Wildman–Crippen MR) is 106 cm³/mol. The molecular weight excluding hydrogens is 352 g/mol. The summed E-state index contributed by atoms with van der Waals surface area (Å²) in [5, 5.41) is 10.2. The van der Waals surface area contributed by atoms with Gasteiger partial charge in [0.05, 0.1) is 15.8 Å². The lowest BCUT2D eigenvalue weighted by atomic mass is 10.2. The number of rotatable bonds is 8. The summed E-state index contributed by atoms with van der Waals surface area (Å²) in [4.78, 5) is 18.9. The molecule has 3 rings (SSSR count). The van der Waals surface area contributed by atoms with E-state index in [4.69, 9.17) is 0 Å². The van der Waals surface area contributed by atoms with Crippen LogP contribution in [0.4, 0.5) is 5.13 Å². The van der Waals surface area contributed by atoms with Gasteiger partial charge in [-0.25, -0.2) is 9.78 Å². The molecular formula is C19H20N2O2S2. The van der Waals surface area contributed by atoms with Gasteiger partial charge in [-0.3, -0.25) is 0 Å². The molecule has 0 saturated carbocycles. The molecule has 2 aromatic carbocycles. The van der Waals surface area contributed by atoms with Crippen molar-refractivity contribution in [3.05, 3.63) is 54.1 Å². The van der Waals surface area contributed by atoms with E-state index in [1.165, 1.54) is 4.70 Å². The third kappa shape index (κ3) is 4.52. The molecule has 3 aromatic rings. The number of hydrogen-bond donors (Lipinski definition) is 1. The predicted octanol–water partition coefficient (Wildman–Crippen LogP) is 5.00. The van der Waals surface area contributed by atoms with Crippen molar-refractivity contribution in [3.63, 3.8) is 0 Å². The molecule has 0 aliphatic carbocycles. The highest BCUT2D eigenvalue weighted by molar-refractivity contribution is 7.99. The van der Waals surface area contributed by atoms with Crippen LogP contribution < -0.4 is 4.90 Å². The summed E-state index contributed by atoms with van der Waals surface area (Å²) in [6.45, 7) is 0.945. The minimum atomic E-state index is -0.862. The molecule has 0 fully saturated rings. The lowest BCUT2D eigenvalue weighted by Crippen LogP contribution is -2.18. The fourth-order valence-corrected chi connectivity index (χ4v) is 4.53. The number of benzene rings is 2. The maximum atomic E-state index is 11.2. The van der Waals surface area contributed by atoms with E-state index in [1.54, 1.807) is 35.2 Å². The number of carboxylic acids is 1. The number of thioether (sulfide) groups is 1. The molecule has 0 aliphatic rings. The van der Waals surface area contributed by atoms with E-state index in [1.807, 2.05) is 30.3 Å². The lowest BCUT2D eigenvalue weighted by Gasteiger charge is -2.15. The number of aromatic carboxylic acids is 1. The Morgan fingerprint density at radius 2 is 1.92 bits per heavy atom. The molecule has 1 N–H and O–H groups in total. The van der Waals surface area contributed by atoms with E-state index < -0.39 is 5.97 Å². The van der Waals surface area contributed by atoms with E-state index in [-0.39, 0.29) is 0 Å². The maximum Gasteiger partial charge on any atom is 0.336 e. The van der Waals surface area contributed by atoms with Crippen molar-refractivity contribution in [2.75, 3.05) is 24.2 Å². The van der Waals surface area contributed by atoms with Crippen LogP contribution in [-0.4, -0.2) is 35.4 Å². The van der Waals surface area contributed by atoms with Gasteiger partial charge in [0.2, 0.25) is 0 Å². The van der Waals surface area contributed by atoms with Gasteiger partial charge < -0.3 is 10.0 Å². The van der Waals surface area contributed by atoms with E-state index in [9.17, 15) is 9.90 Å². The third-order valence-electron chi connectivity index (χ3n) is 3.87. The fourth-order valence-electron chi connectivity index (χ4n) is 2.52. The van der Waals surface area contributed by atoms with Crippen molar-refractivity contribution in [3.8, 4) is 0 Å². The number of anilines is 1. The maximum absolute atomic E-state index is 11.2. The van der Waals surface area contributed by atoms with Crippen LogP contribution >= 0.6 is 23.1 Å². The first-order chi connectivity index (χ1) is 12.1. The van der Waals surface area contributed by atoms with Gasteiger partial charge in [-0.2, -0.15) is 0 Å². The van der Waals surface area contributed by atoms with Crippen LogP contribution in [0.5, 0.6) is 0 Å². The normalized spacial score (nSPS) is 10.9. The summed E-state index contributed by atoms with van der Waals surface area (Å²) in [6, 6.07) is 15.4. The van der Waals surface area contributed by atoms with E-state index >= 15 is 0 Å². The van der Waals surface area contributed by atoms with Gasteiger partial charge in [-0.15, -0.1) is 11.8 Å². The van der Waals surface area contributed by atoms with Gasteiger partial charge >= 0.3 is 5.97 Å². The summed E-state index contributed by atoms with van der Waals surface area (Å²) in [6.07, 6.45) is 2.09. The van der Waals surface area contributed by atoms with Gasteiger partial charge in [0.15, 0.2) is 5.13 Å². The Morgan fingerprint density at radius 3 is 2.72 bits per heavy atom. The van der Waals surface area contributed by atoms with E-state index in [0.717, 1.165) is 40.7 Å². The fraction of sp³-hybridized carbons (Fsp3) is 0.263. The SMILES string of the molecule is CN(CCCCSc1ccccc1C(=O)O)c1nc2ccccc2s1. The highest BCUT2D eigenvalue weighted by Crippen LogP contribution is 2.28. The first-order valence-electron chi connectivity index (χ1n) is 8.17. The van der Waals surface area contributed by atoms with Crippen LogP contribution in [0.2, 0.25) is 0 Å². The molecule has 0 atom stereocenters. The molecule has 6 heteroatoms. The standard InChI is InChI=1S/C19H20N2O2S2/c1-21(19-20-15-9-3-5-11-17(15)25-19)12-6-7-13-24-16-10-4-2-8-14(16)18(22)23/h2-5,8-11H,6-7,12-13H2,1H3,(H,22,23). The number of hydrogen-bond acceptors (Lipinski definition) is 5. The Kier molecular flexibility index (Phi) is 5.94. The van der Waals surface area contributed by atoms with Crippen LogP contribution in [0.15, 0.2) is 53.4 Å². The molecule has 25 heavy (non-hydrogen) atoms. The first kappa shape index (κ1) is 17.8. The highest BCUT2D eigenvalue weighted by atomic mass is 32.2. The molecule has 0 aliphatic heterocycles. The molecule has 0 saturated heterocycles. The summed E-state index contributed by atoms with van der Waals surface area (Å²) >= 11 is 3.33. The summed E-state index contributed by atoms with van der Waals surface area (Å²) in [7, 11) is 2.07. The zero-order valence-electron chi connectivity index (χ0n) is 14.0. The zero-order chi connectivity index (χ0) is 17.6. The topological polar surface area (TPSA) is 53.4 Å². The molecule has 0 spiro atoms. The summed E-state index contributed by atoms with van der Waals surface area (Å²) in [5.41, 5.74) is 1.44. The van der Waals surface area contributed by atoms with Crippen molar-refractivity contribution >= 4 is 44.4 Å². The van der Waals surface area contributed by atoms with Crippen LogP contribution in [0.3, 0.4) is 0 Å². The molecule has 0 radical (unpaired) electrons. The van der Waals surface area contributed by atoms with Gasteiger partial charge in [0.1, 0.15) is 0 Å². The molecule has 0 bridgehead atoms. The summed E-state index contributed by atoms with van der Waals surface area (Å²) in [5.74, 6) is 0.0523. The second-order valence-corrected chi connectivity index (χ2v) is 7.89. The van der Waals surface area contributed by atoms with E-state index in [2.05, 4.69) is 23.0 Å². The third-order valence-corrected chi connectivity index (χ3v) is 6.18. The Bertz CT molecular complexity index is 830.